The van der Waals surface area contributed by atoms with Crippen LogP contribution in [-0.4, -0.2) is 115 Å². The van der Waals surface area contributed by atoms with Crippen LogP contribution in [0.5, 0.6) is 0 Å². The van der Waals surface area contributed by atoms with Gasteiger partial charge in [-0.2, -0.15) is 24.1 Å². The van der Waals surface area contributed by atoms with E-state index in [1.54, 1.807) is 4.90 Å². The molecule has 0 bridgehead atoms. The second-order valence-electron chi connectivity index (χ2n) is 4.91. The lowest BCUT2D eigenvalue weighted by Gasteiger charge is -2.25. The molecule has 0 aromatic carbocycles. The van der Waals surface area contributed by atoms with Crippen LogP contribution in [-0.2, 0) is 38.7 Å². The Morgan fingerprint density at radius 2 is 1.19 bits per heavy atom. The predicted molar refractivity (Wildman–Crippen MR) is 81.5 cm³/mol. The molecule has 0 aliphatic rings. The van der Waals surface area contributed by atoms with Gasteiger partial charge >= 0.3 is 24.2 Å². The zero-order valence-electron chi connectivity index (χ0n) is 14.9. The van der Waals surface area contributed by atoms with Gasteiger partial charge in [-0.15, -0.1) is 0 Å². The Bertz CT molecular complexity index is 448. The number of hydrogen-bond donors (Lipinski definition) is 3. The maximum Gasteiger partial charge on any atom is 0.373 e. The second-order valence-corrected chi connectivity index (χ2v) is 4.91. The third kappa shape index (κ3) is 28.5. The molecule has 0 fully saturated rings. The van der Waals surface area contributed by atoms with Gasteiger partial charge in [-0.3, -0.25) is 19.4 Å². The van der Waals surface area contributed by atoms with E-state index < -0.39 is 11.9 Å². The van der Waals surface area contributed by atoms with E-state index in [0.29, 0.717) is 19.6 Å². The summed E-state index contributed by atoms with van der Waals surface area (Å²) in [7, 11) is 3.75. The minimum atomic E-state index is -1.06. The first-order valence-corrected chi connectivity index (χ1v) is 7.13. The summed E-state index contributed by atoms with van der Waals surface area (Å²) in [5, 5.41) is 29.2. The van der Waals surface area contributed by atoms with Gasteiger partial charge in [0.15, 0.2) is 0 Å². The molecule has 0 aromatic heterocycles. The molecule has 0 unspecified atom stereocenters. The van der Waals surface area contributed by atoms with Crippen LogP contribution >= 0.6 is 0 Å². The molecule has 0 aromatic rings. The first-order chi connectivity index (χ1) is 12.7. The molecule has 0 radical (unpaired) electrons. The lowest BCUT2D eigenvalue weighted by molar-refractivity contribution is -0.499. The molecule has 0 atom stereocenters. The van der Waals surface area contributed by atoms with Gasteiger partial charge in [0, 0.05) is 26.2 Å². The van der Waals surface area contributed by atoms with Crippen LogP contribution in [0.1, 0.15) is 0 Å². The van der Waals surface area contributed by atoms with Gasteiger partial charge in [0.1, 0.15) is 6.73 Å². The number of nitrogens with zero attached hydrogens (tertiary/aromatic N) is 3. The van der Waals surface area contributed by atoms with Crippen molar-refractivity contribution in [2.75, 3.05) is 60.1 Å². The third-order valence-electron chi connectivity index (χ3n) is 2.60. The quantitative estimate of drug-likeness (QED) is 0.168. The molecule has 0 heterocycles. The summed E-state index contributed by atoms with van der Waals surface area (Å²) < 4.78 is 0. The highest BCUT2D eigenvalue weighted by Gasteiger charge is 2.15. The Kier molecular flexibility index (Phi) is 23.3. The molecule has 3 N–H and O–H groups in total. The highest BCUT2D eigenvalue weighted by molar-refractivity contribution is 5.69. The van der Waals surface area contributed by atoms with Crippen LogP contribution in [0, 0.1) is 0 Å². The van der Waals surface area contributed by atoms with Crippen molar-refractivity contribution in [2.45, 2.75) is 0 Å². The smallest absolute Gasteiger partial charge is 0.373 e. The molecule has 0 aliphatic carbocycles. The normalized spacial score (nSPS) is 9.56. The largest absolute Gasteiger partial charge is 0.480 e. The van der Waals surface area contributed by atoms with Crippen molar-refractivity contribution in [3.8, 4) is 0 Å². The van der Waals surface area contributed by atoms with E-state index in [-0.39, 0.29) is 38.7 Å². The van der Waals surface area contributed by atoms with Crippen molar-refractivity contribution < 1.29 is 54.2 Å². The van der Waals surface area contributed by atoms with Crippen molar-refractivity contribution >= 4 is 24.2 Å². The van der Waals surface area contributed by atoms with E-state index in [2.05, 4.69) is 9.93 Å². The number of rotatable bonds is 13. The van der Waals surface area contributed by atoms with Crippen LogP contribution < -0.4 is 0 Å². The third-order valence-corrected chi connectivity index (χ3v) is 2.60. The van der Waals surface area contributed by atoms with E-state index in [4.69, 9.17) is 34.6 Å². The molecule has 156 valence electrons. The molecule has 0 spiro atoms. The number of hydrogen-bond acceptors (Lipinski definition) is 12. The van der Waals surface area contributed by atoms with E-state index in [9.17, 15) is 9.59 Å². The van der Waals surface area contributed by atoms with Gasteiger partial charge in [0.25, 0.3) is 0 Å². The van der Waals surface area contributed by atoms with E-state index in [0.717, 1.165) is 0 Å². The fraction of sp³-hybridized carbons (Fsp3) is 0.692. The monoisotopic (exact) mass is 397 g/mol. The van der Waals surface area contributed by atoms with Gasteiger partial charge in [0.05, 0.1) is 13.1 Å². The maximum absolute atomic E-state index is 10.8. The molecule has 0 aliphatic heterocycles. The Morgan fingerprint density at radius 3 is 1.56 bits per heavy atom. The molecule has 27 heavy (non-hydrogen) atoms. The van der Waals surface area contributed by atoms with Gasteiger partial charge in [-0.05, 0) is 14.1 Å². The zero-order chi connectivity index (χ0) is 21.7. The van der Waals surface area contributed by atoms with Crippen molar-refractivity contribution in [1.29, 1.82) is 0 Å². The minimum Gasteiger partial charge on any atom is -0.480 e. The summed E-state index contributed by atoms with van der Waals surface area (Å²) in [4.78, 5) is 63.3. The maximum atomic E-state index is 10.8. The number of aliphatic carboxylic acids is 2. The zero-order valence-corrected chi connectivity index (χ0v) is 14.9. The molecular weight excluding hydrogens is 374 g/mol. The highest BCUT2D eigenvalue weighted by atomic mass is 17.5. The van der Waals surface area contributed by atoms with Crippen LogP contribution in [0.25, 0.3) is 0 Å². The summed E-state index contributed by atoms with van der Waals surface area (Å²) in [6.07, 6.45) is 0.500. The van der Waals surface area contributed by atoms with Crippen molar-refractivity contribution in [2.24, 2.45) is 0 Å². The Morgan fingerprint density at radius 1 is 0.815 bits per heavy atom. The van der Waals surface area contributed by atoms with E-state index >= 15 is 0 Å². The van der Waals surface area contributed by atoms with Gasteiger partial charge < -0.3 is 15.1 Å². The lowest BCUT2D eigenvalue weighted by Crippen LogP contribution is -2.42. The van der Waals surface area contributed by atoms with Crippen LogP contribution in [0.3, 0.4) is 0 Å². The summed E-state index contributed by atoms with van der Waals surface area (Å²) >= 11 is 0. The highest BCUT2D eigenvalue weighted by Crippen LogP contribution is 1.95. The lowest BCUT2D eigenvalue weighted by atomic mass is 10.4. The Labute approximate surface area is 154 Å². The van der Waals surface area contributed by atoms with E-state index in [1.807, 2.05) is 19.0 Å². The molecule has 0 saturated carbocycles. The van der Waals surface area contributed by atoms with Gasteiger partial charge in [-0.1, -0.05) is 5.04 Å². The number of carboxylic acids is 2. The molecule has 0 rings (SSSR count). The fourth-order valence-corrected chi connectivity index (χ4v) is 1.56. The minimum absolute atomic E-state index is 0.133. The first-order valence-electron chi connectivity index (χ1n) is 7.13. The van der Waals surface area contributed by atoms with Gasteiger partial charge in [0.2, 0.25) is 0 Å². The number of likely N-dealkylation sites (N-methyl/N-ethyl adjacent to an activating group) is 1. The standard InChI is InChI=1S/C11H23N3O7.2CO2/c1-12(2)3-4-13(7-10(15)16)5-6-14(8-11(17)18)9-20-21-19;2*2-1-3/h19H,3-9H2,1-2H3,(H,15,16)(H,17,18);;. The molecule has 14 nitrogen and oxygen atoms in total. The van der Waals surface area contributed by atoms with E-state index in [1.165, 1.54) is 4.90 Å². The molecule has 14 heteroatoms. The van der Waals surface area contributed by atoms with Crippen molar-refractivity contribution in [3.05, 3.63) is 0 Å². The number of carbonyl (C=O) groups excluding carboxylic acids is 4. The number of carbonyl (C=O) groups is 2. The molecular formula is C13H23N3O11. The number of carboxylic acid groups (broad SMARTS) is 2. The Balaban J connectivity index is -0.000000840. The topological polar surface area (TPSA) is 191 Å². The summed E-state index contributed by atoms with van der Waals surface area (Å²) in [5.74, 6) is -2.01. The molecule has 0 amide bonds. The van der Waals surface area contributed by atoms with Crippen LogP contribution in [0.4, 0.5) is 0 Å². The summed E-state index contributed by atoms with van der Waals surface area (Å²) in [6.45, 7) is 1.15. The van der Waals surface area contributed by atoms with Crippen LogP contribution in [0.2, 0.25) is 0 Å². The molecule has 0 saturated heterocycles. The second kappa shape index (κ2) is 21.5. The summed E-state index contributed by atoms with van der Waals surface area (Å²) in [5.41, 5.74) is 0. The van der Waals surface area contributed by atoms with Crippen molar-refractivity contribution in [3.63, 3.8) is 0 Å². The SMILES string of the molecule is CN(C)CCN(CCN(COOO)CC(=O)O)CC(=O)O.O=C=O.O=C=O. The average Bonchev–Trinajstić information content (AvgIpc) is 2.55. The average molecular weight is 397 g/mol. The van der Waals surface area contributed by atoms with Gasteiger partial charge in [-0.25, -0.2) is 5.26 Å². The first kappa shape index (κ1) is 29.2. The predicted octanol–water partition coefficient (Wildman–Crippen LogP) is -2.47. The van der Waals surface area contributed by atoms with Crippen molar-refractivity contribution in [1.82, 2.24) is 14.7 Å². The fourth-order valence-electron chi connectivity index (χ4n) is 1.56. The Hall–Kier alpha value is -2.54. The van der Waals surface area contributed by atoms with Crippen LogP contribution in [0.15, 0.2) is 0 Å². The summed E-state index contributed by atoms with van der Waals surface area (Å²) in [6, 6.07) is 0.